The number of rotatable bonds is 2. The zero-order valence-corrected chi connectivity index (χ0v) is 6.28. The van der Waals surface area contributed by atoms with Crippen LogP contribution in [0.25, 0.3) is 0 Å². The SMILES string of the molecule is [C](=[C]\c1ccco1)/c1ccco1. The van der Waals surface area contributed by atoms with Gasteiger partial charge in [0.2, 0.25) is 0 Å². The van der Waals surface area contributed by atoms with Gasteiger partial charge in [-0.05, 0) is 24.3 Å². The second-order valence-corrected chi connectivity index (χ2v) is 2.20. The molecule has 2 nitrogen and oxygen atoms in total. The Hall–Kier alpha value is -1.70. The van der Waals surface area contributed by atoms with Crippen molar-refractivity contribution in [3.8, 4) is 0 Å². The van der Waals surface area contributed by atoms with Crippen molar-refractivity contribution >= 4 is 0 Å². The molecule has 2 heterocycles. The first-order chi connectivity index (χ1) is 5.95. The first-order valence-electron chi connectivity index (χ1n) is 3.54. The molecular weight excluding hydrogens is 152 g/mol. The lowest BCUT2D eigenvalue weighted by molar-refractivity contribution is 0.536. The molecule has 2 rings (SSSR count). The van der Waals surface area contributed by atoms with E-state index in [-0.39, 0.29) is 0 Å². The van der Waals surface area contributed by atoms with E-state index < -0.39 is 0 Å². The van der Waals surface area contributed by atoms with Crippen LogP contribution in [-0.2, 0) is 0 Å². The van der Waals surface area contributed by atoms with Gasteiger partial charge in [-0.2, -0.15) is 0 Å². The van der Waals surface area contributed by atoms with Crippen molar-refractivity contribution in [3.05, 3.63) is 60.5 Å². The molecule has 0 N–H and O–H groups in total. The second-order valence-electron chi connectivity index (χ2n) is 2.20. The van der Waals surface area contributed by atoms with E-state index in [0.717, 1.165) is 0 Å². The van der Waals surface area contributed by atoms with Crippen LogP contribution in [0.3, 0.4) is 0 Å². The van der Waals surface area contributed by atoms with Gasteiger partial charge in [0.15, 0.2) is 0 Å². The Morgan fingerprint density at radius 3 is 1.67 bits per heavy atom. The maximum absolute atomic E-state index is 5.02. The Balaban J connectivity index is 2.14. The quantitative estimate of drug-likeness (QED) is 0.670. The first kappa shape index (κ1) is 6.98. The highest BCUT2D eigenvalue weighted by molar-refractivity contribution is 5.13. The van der Waals surface area contributed by atoms with Gasteiger partial charge >= 0.3 is 0 Å². The van der Waals surface area contributed by atoms with Gasteiger partial charge < -0.3 is 8.83 Å². The summed E-state index contributed by atoms with van der Waals surface area (Å²) in [6.45, 7) is 0. The Kier molecular flexibility index (Phi) is 1.82. The van der Waals surface area contributed by atoms with Gasteiger partial charge in [0, 0.05) is 12.2 Å². The average molecular weight is 158 g/mol. The summed E-state index contributed by atoms with van der Waals surface area (Å²) in [6, 6.07) is 7.20. The van der Waals surface area contributed by atoms with E-state index in [4.69, 9.17) is 8.83 Å². The third kappa shape index (κ3) is 1.48. The molecule has 0 fully saturated rings. The normalized spacial score (nSPS) is 11.0. The average Bonchev–Trinajstić information content (AvgIpc) is 2.74. The molecule has 0 atom stereocenters. The summed E-state index contributed by atoms with van der Waals surface area (Å²) in [5, 5.41) is 0. The van der Waals surface area contributed by atoms with Crippen LogP contribution in [0, 0.1) is 12.2 Å². The van der Waals surface area contributed by atoms with Crippen molar-refractivity contribution in [1.29, 1.82) is 0 Å². The third-order valence-corrected chi connectivity index (χ3v) is 1.35. The molecule has 2 aromatic heterocycles. The van der Waals surface area contributed by atoms with Crippen molar-refractivity contribution in [3.63, 3.8) is 0 Å². The second kappa shape index (κ2) is 3.13. The topological polar surface area (TPSA) is 26.3 Å². The molecule has 0 aliphatic heterocycles. The van der Waals surface area contributed by atoms with E-state index in [2.05, 4.69) is 12.2 Å². The molecule has 0 spiro atoms. The molecular formula is C10H6O2. The van der Waals surface area contributed by atoms with Crippen LogP contribution in [0.2, 0.25) is 0 Å². The van der Waals surface area contributed by atoms with Crippen LogP contribution in [0.1, 0.15) is 11.5 Å². The standard InChI is InChI=1S/C10H6O2/c1-3-9(11-7-1)5-6-10-4-2-8-12-10/h1-4,7-8H. The molecule has 2 radical (unpaired) electrons. The minimum absolute atomic E-state index is 0.645. The van der Waals surface area contributed by atoms with Gasteiger partial charge in [0.25, 0.3) is 0 Å². The van der Waals surface area contributed by atoms with Crippen molar-refractivity contribution < 1.29 is 8.83 Å². The fourth-order valence-electron chi connectivity index (χ4n) is 0.823. The summed E-state index contributed by atoms with van der Waals surface area (Å²) in [5.74, 6) is 1.29. The van der Waals surface area contributed by atoms with E-state index in [1.807, 2.05) is 0 Å². The summed E-state index contributed by atoms with van der Waals surface area (Å²) in [5.41, 5.74) is 0. The lowest BCUT2D eigenvalue weighted by Crippen LogP contribution is -1.67. The van der Waals surface area contributed by atoms with Gasteiger partial charge in [-0.3, -0.25) is 0 Å². The van der Waals surface area contributed by atoms with Crippen molar-refractivity contribution in [2.75, 3.05) is 0 Å². The van der Waals surface area contributed by atoms with Crippen LogP contribution in [0.5, 0.6) is 0 Å². The minimum Gasteiger partial charge on any atom is -0.464 e. The van der Waals surface area contributed by atoms with E-state index in [1.54, 1.807) is 36.8 Å². The lowest BCUT2D eigenvalue weighted by atomic mass is 10.3. The van der Waals surface area contributed by atoms with Crippen LogP contribution in [-0.4, -0.2) is 0 Å². The zero-order chi connectivity index (χ0) is 8.23. The molecule has 0 unspecified atom stereocenters. The van der Waals surface area contributed by atoms with Gasteiger partial charge in [0.1, 0.15) is 11.5 Å². The van der Waals surface area contributed by atoms with Gasteiger partial charge in [-0.15, -0.1) is 0 Å². The van der Waals surface area contributed by atoms with E-state index in [9.17, 15) is 0 Å². The van der Waals surface area contributed by atoms with Crippen LogP contribution in [0.4, 0.5) is 0 Å². The summed E-state index contributed by atoms with van der Waals surface area (Å²) >= 11 is 0. The summed E-state index contributed by atoms with van der Waals surface area (Å²) in [6.07, 6.45) is 8.81. The maximum Gasteiger partial charge on any atom is 0.135 e. The predicted molar refractivity (Wildman–Crippen MR) is 42.1 cm³/mol. The molecule has 12 heavy (non-hydrogen) atoms. The molecule has 58 valence electrons. The van der Waals surface area contributed by atoms with Crippen LogP contribution < -0.4 is 0 Å². The number of furan rings is 2. The fourth-order valence-corrected chi connectivity index (χ4v) is 0.823. The Morgan fingerprint density at radius 1 is 0.833 bits per heavy atom. The van der Waals surface area contributed by atoms with Crippen LogP contribution in [0.15, 0.2) is 45.6 Å². The smallest absolute Gasteiger partial charge is 0.135 e. The fraction of sp³-hybridized carbons (Fsp3) is 0. The summed E-state index contributed by atoms with van der Waals surface area (Å²) < 4.78 is 10.0. The minimum atomic E-state index is 0.645. The maximum atomic E-state index is 5.02. The molecule has 0 aliphatic rings. The van der Waals surface area contributed by atoms with Crippen LogP contribution >= 0.6 is 0 Å². The number of hydrogen-bond donors (Lipinski definition) is 0. The number of hydrogen-bond acceptors (Lipinski definition) is 2. The predicted octanol–water partition coefficient (Wildman–Crippen LogP) is 2.43. The van der Waals surface area contributed by atoms with Crippen molar-refractivity contribution in [2.24, 2.45) is 0 Å². The molecule has 0 amide bonds. The van der Waals surface area contributed by atoms with Crippen molar-refractivity contribution in [2.45, 2.75) is 0 Å². The monoisotopic (exact) mass is 158 g/mol. The molecule has 2 aromatic rings. The third-order valence-electron chi connectivity index (χ3n) is 1.35. The van der Waals surface area contributed by atoms with Gasteiger partial charge in [-0.1, -0.05) is 0 Å². The summed E-state index contributed by atoms with van der Waals surface area (Å²) in [4.78, 5) is 0. The molecule has 0 saturated heterocycles. The highest BCUT2D eigenvalue weighted by Gasteiger charge is 1.91. The lowest BCUT2D eigenvalue weighted by Gasteiger charge is -1.80. The van der Waals surface area contributed by atoms with Gasteiger partial charge in [-0.25, -0.2) is 0 Å². The van der Waals surface area contributed by atoms with E-state index >= 15 is 0 Å². The molecule has 2 heteroatoms. The Bertz CT molecular complexity index is 305. The Morgan fingerprint density at radius 2 is 1.33 bits per heavy atom. The Labute approximate surface area is 70.1 Å². The van der Waals surface area contributed by atoms with Crippen molar-refractivity contribution in [1.82, 2.24) is 0 Å². The molecule has 0 saturated carbocycles. The largest absolute Gasteiger partial charge is 0.464 e. The van der Waals surface area contributed by atoms with E-state index in [1.165, 1.54) is 0 Å². The molecule has 0 bridgehead atoms. The molecule has 0 aromatic carbocycles. The highest BCUT2D eigenvalue weighted by Crippen LogP contribution is 2.03. The highest BCUT2D eigenvalue weighted by atomic mass is 16.3. The molecule has 0 aliphatic carbocycles. The summed E-state index contributed by atoms with van der Waals surface area (Å²) in [7, 11) is 0. The first-order valence-corrected chi connectivity index (χ1v) is 3.54. The van der Waals surface area contributed by atoms with E-state index in [0.29, 0.717) is 11.5 Å². The zero-order valence-electron chi connectivity index (χ0n) is 6.28. The van der Waals surface area contributed by atoms with Gasteiger partial charge in [0.05, 0.1) is 12.5 Å².